The lowest BCUT2D eigenvalue weighted by atomic mass is 10.1. The summed E-state index contributed by atoms with van der Waals surface area (Å²) < 4.78 is 63.7. The van der Waals surface area contributed by atoms with Gasteiger partial charge in [-0.05, 0) is 12.6 Å². The van der Waals surface area contributed by atoms with Gasteiger partial charge in [-0.25, -0.2) is 22.0 Å². The fourth-order valence-corrected chi connectivity index (χ4v) is 1.34. The number of hydrogen-bond donors (Lipinski definition) is 1. The third kappa shape index (κ3) is 2.49. The van der Waals surface area contributed by atoms with E-state index in [1.54, 1.807) is 6.92 Å². The summed E-state index contributed by atoms with van der Waals surface area (Å²) in [6.45, 7) is 1.71. The maximum absolute atomic E-state index is 13.2. The van der Waals surface area contributed by atoms with Crippen LogP contribution in [0.15, 0.2) is 12.1 Å². The van der Waals surface area contributed by atoms with Crippen molar-refractivity contribution < 1.29 is 22.0 Å². The van der Waals surface area contributed by atoms with Crippen molar-refractivity contribution in [2.45, 2.75) is 19.4 Å². The first kappa shape index (κ1) is 12.9. The lowest BCUT2D eigenvalue weighted by molar-refractivity contribution is 0.0970. The van der Waals surface area contributed by atoms with E-state index in [2.05, 4.69) is 5.32 Å². The molecule has 1 rings (SSSR count). The van der Waals surface area contributed by atoms with Gasteiger partial charge in [0.2, 0.25) is 0 Å². The highest BCUT2D eigenvalue weighted by atomic mass is 19.3. The number of benzene rings is 1. The highest BCUT2D eigenvalue weighted by Crippen LogP contribution is 2.25. The average molecular weight is 239 g/mol. The van der Waals surface area contributed by atoms with E-state index in [1.807, 2.05) is 0 Å². The zero-order valence-electron chi connectivity index (χ0n) is 8.41. The predicted molar refractivity (Wildman–Crippen MR) is 48.7 cm³/mol. The Bertz CT molecular complexity index is 366. The molecule has 0 heterocycles. The smallest absolute Gasteiger partial charge is 0.257 e. The summed E-state index contributed by atoms with van der Waals surface area (Å²) in [7, 11) is 0. The Labute approximate surface area is 89.3 Å². The molecule has 1 unspecified atom stereocenters. The summed E-state index contributed by atoms with van der Waals surface area (Å²) in [5.41, 5.74) is -0.573. The number of rotatable bonds is 4. The normalized spacial score (nSPS) is 13.2. The summed E-state index contributed by atoms with van der Waals surface area (Å²) in [5, 5.41) is 2.31. The van der Waals surface area contributed by atoms with Gasteiger partial charge in [0.1, 0.15) is 0 Å². The van der Waals surface area contributed by atoms with E-state index >= 15 is 0 Å². The van der Waals surface area contributed by atoms with Crippen LogP contribution in [-0.2, 0) is 0 Å². The molecule has 1 aromatic rings. The highest BCUT2D eigenvalue weighted by molar-refractivity contribution is 5.24. The largest absolute Gasteiger partial charge is 0.305 e. The van der Waals surface area contributed by atoms with Crippen LogP contribution in [0.3, 0.4) is 0 Å². The Balaban J connectivity index is 3.15. The molecule has 16 heavy (non-hydrogen) atoms. The molecule has 0 saturated carbocycles. The zero-order chi connectivity index (χ0) is 12.3. The Morgan fingerprint density at radius 1 is 1.12 bits per heavy atom. The van der Waals surface area contributed by atoms with Crippen LogP contribution >= 0.6 is 0 Å². The van der Waals surface area contributed by atoms with Gasteiger partial charge in [-0.15, -0.1) is 0 Å². The molecule has 1 nitrogen and oxygen atoms in total. The third-order valence-corrected chi connectivity index (χ3v) is 2.08. The lowest BCUT2D eigenvalue weighted by Crippen LogP contribution is -2.28. The molecule has 1 atom stereocenters. The van der Waals surface area contributed by atoms with Gasteiger partial charge < -0.3 is 5.32 Å². The minimum absolute atomic E-state index is 0.160. The van der Waals surface area contributed by atoms with E-state index < -0.39 is 35.5 Å². The molecule has 1 N–H and O–H groups in total. The van der Waals surface area contributed by atoms with Crippen molar-refractivity contribution in [3.05, 3.63) is 35.1 Å². The number of halogens is 5. The summed E-state index contributed by atoms with van der Waals surface area (Å²) in [4.78, 5) is 0. The molecular formula is C10H10F5N. The minimum Gasteiger partial charge on any atom is -0.305 e. The number of hydrogen-bond acceptors (Lipinski definition) is 1. The van der Waals surface area contributed by atoms with Crippen LogP contribution in [0.25, 0.3) is 0 Å². The van der Waals surface area contributed by atoms with Crippen molar-refractivity contribution in [3.8, 4) is 0 Å². The maximum atomic E-state index is 13.2. The molecule has 0 radical (unpaired) electrons. The van der Waals surface area contributed by atoms with Gasteiger partial charge in [-0.2, -0.15) is 0 Å². The van der Waals surface area contributed by atoms with Crippen molar-refractivity contribution in [3.63, 3.8) is 0 Å². The van der Waals surface area contributed by atoms with E-state index in [9.17, 15) is 22.0 Å². The van der Waals surface area contributed by atoms with Gasteiger partial charge in [-0.3, -0.25) is 0 Å². The molecule has 0 amide bonds. The first-order chi connectivity index (χ1) is 7.49. The second kappa shape index (κ2) is 5.25. The van der Waals surface area contributed by atoms with E-state index in [-0.39, 0.29) is 6.54 Å². The van der Waals surface area contributed by atoms with Gasteiger partial charge in [0.25, 0.3) is 6.43 Å². The molecular weight excluding hydrogens is 229 g/mol. The molecule has 0 bridgehead atoms. The van der Waals surface area contributed by atoms with Gasteiger partial charge in [-0.1, -0.05) is 13.0 Å². The summed E-state index contributed by atoms with van der Waals surface area (Å²) in [6, 6.07) is -0.201. The fraction of sp³-hybridized carbons (Fsp3) is 0.400. The quantitative estimate of drug-likeness (QED) is 0.629. The molecule has 0 saturated heterocycles. The molecule has 1 aromatic carbocycles. The first-order valence-corrected chi connectivity index (χ1v) is 4.64. The number of alkyl halides is 2. The van der Waals surface area contributed by atoms with Gasteiger partial charge >= 0.3 is 0 Å². The SMILES string of the molecule is CCNC(c1ccc(F)c(F)c1F)C(F)F. The van der Waals surface area contributed by atoms with Crippen LogP contribution in [0.2, 0.25) is 0 Å². The monoisotopic (exact) mass is 239 g/mol. The van der Waals surface area contributed by atoms with Gasteiger partial charge in [0.05, 0.1) is 6.04 Å². The van der Waals surface area contributed by atoms with Crippen molar-refractivity contribution in [2.24, 2.45) is 0 Å². The second-order valence-corrected chi connectivity index (χ2v) is 3.13. The Kier molecular flexibility index (Phi) is 4.23. The van der Waals surface area contributed by atoms with Crippen LogP contribution in [0.4, 0.5) is 22.0 Å². The van der Waals surface area contributed by atoms with Crippen molar-refractivity contribution in [1.29, 1.82) is 0 Å². The molecule has 0 fully saturated rings. The topological polar surface area (TPSA) is 12.0 Å². The second-order valence-electron chi connectivity index (χ2n) is 3.13. The molecule has 0 aromatic heterocycles. The Hall–Kier alpha value is -1.17. The van der Waals surface area contributed by atoms with Crippen molar-refractivity contribution in [2.75, 3.05) is 6.54 Å². The third-order valence-electron chi connectivity index (χ3n) is 2.08. The minimum atomic E-state index is -2.90. The molecule has 0 spiro atoms. The first-order valence-electron chi connectivity index (χ1n) is 4.64. The van der Waals surface area contributed by atoms with Gasteiger partial charge in [0, 0.05) is 5.56 Å². The van der Waals surface area contributed by atoms with Crippen LogP contribution in [0, 0.1) is 17.5 Å². The zero-order valence-corrected chi connectivity index (χ0v) is 8.41. The predicted octanol–water partition coefficient (Wildman–Crippen LogP) is 3.02. The molecule has 0 aliphatic heterocycles. The Morgan fingerprint density at radius 2 is 1.75 bits per heavy atom. The van der Waals surface area contributed by atoms with E-state index in [0.717, 1.165) is 6.07 Å². The van der Waals surface area contributed by atoms with Crippen LogP contribution < -0.4 is 5.32 Å². The molecule has 0 aliphatic rings. The van der Waals surface area contributed by atoms with E-state index in [1.165, 1.54) is 0 Å². The van der Waals surface area contributed by atoms with E-state index in [0.29, 0.717) is 6.07 Å². The lowest BCUT2D eigenvalue weighted by Gasteiger charge is -2.18. The summed E-state index contributed by atoms with van der Waals surface area (Å²) in [5.74, 6) is -4.71. The van der Waals surface area contributed by atoms with Gasteiger partial charge in [0.15, 0.2) is 17.5 Å². The number of nitrogens with one attached hydrogen (secondary N) is 1. The molecule has 0 aliphatic carbocycles. The average Bonchev–Trinajstić information content (AvgIpc) is 2.24. The maximum Gasteiger partial charge on any atom is 0.257 e. The Morgan fingerprint density at radius 3 is 2.25 bits per heavy atom. The van der Waals surface area contributed by atoms with Crippen LogP contribution in [-0.4, -0.2) is 13.0 Å². The van der Waals surface area contributed by atoms with Crippen molar-refractivity contribution in [1.82, 2.24) is 5.32 Å². The van der Waals surface area contributed by atoms with Crippen molar-refractivity contribution >= 4 is 0 Å². The molecule has 90 valence electrons. The fourth-order valence-electron chi connectivity index (χ4n) is 1.34. The van der Waals surface area contributed by atoms with Crippen LogP contribution in [0.1, 0.15) is 18.5 Å². The summed E-state index contributed by atoms with van der Waals surface area (Å²) >= 11 is 0. The van der Waals surface area contributed by atoms with Crippen LogP contribution in [0.5, 0.6) is 0 Å². The van der Waals surface area contributed by atoms with E-state index in [4.69, 9.17) is 0 Å². The highest BCUT2D eigenvalue weighted by Gasteiger charge is 2.26. The summed E-state index contributed by atoms with van der Waals surface area (Å²) in [6.07, 6.45) is -2.90. The molecule has 6 heteroatoms. The standard InChI is InChI=1S/C10H10F5N/c1-2-16-9(10(14)15)5-3-4-6(11)8(13)7(5)12/h3-4,9-10,16H,2H2,1H3.